The molecule has 3 amide bonds. The van der Waals surface area contributed by atoms with Crippen LogP contribution in [0.15, 0.2) is 35.7 Å². The van der Waals surface area contributed by atoms with E-state index in [1.807, 2.05) is 43.0 Å². The van der Waals surface area contributed by atoms with Gasteiger partial charge >= 0.3 is 6.03 Å². The maximum absolute atomic E-state index is 13.5. The van der Waals surface area contributed by atoms with Crippen LogP contribution in [-0.4, -0.2) is 61.1 Å². The molecule has 0 bridgehead atoms. The van der Waals surface area contributed by atoms with Gasteiger partial charge in [-0.1, -0.05) is 26.0 Å². The molecule has 1 aromatic carbocycles. The molecule has 2 heterocycles. The molecule has 1 aromatic heterocycles. The summed E-state index contributed by atoms with van der Waals surface area (Å²) in [6.45, 7) is 9.61. The average molecular weight is 488 g/mol. The summed E-state index contributed by atoms with van der Waals surface area (Å²) in [5, 5.41) is 5.01. The molecule has 0 radical (unpaired) electrons. The number of hydrogen-bond acceptors (Lipinski definition) is 5. The molecule has 1 unspecified atom stereocenters. The first-order valence-corrected chi connectivity index (χ1v) is 12.8. The number of methoxy groups -OCH3 is 1. The topological polar surface area (TPSA) is 71.1 Å². The lowest BCUT2D eigenvalue weighted by Gasteiger charge is -2.37. The molecule has 1 aliphatic rings. The molecule has 0 aliphatic carbocycles. The highest BCUT2D eigenvalue weighted by molar-refractivity contribution is 7.10. The van der Waals surface area contributed by atoms with Gasteiger partial charge in [0.15, 0.2) is 11.5 Å². The molecule has 1 aliphatic heterocycles. The van der Waals surface area contributed by atoms with Gasteiger partial charge in [-0.3, -0.25) is 4.79 Å². The maximum Gasteiger partial charge on any atom is 0.318 e. The summed E-state index contributed by atoms with van der Waals surface area (Å²) in [5.74, 6) is 1.68. The lowest BCUT2D eigenvalue weighted by Crippen LogP contribution is -2.51. The number of fused-ring (bicyclic) bond motifs is 1. The van der Waals surface area contributed by atoms with Crippen molar-refractivity contribution in [3.05, 3.63) is 46.2 Å². The fraction of sp³-hybridized carbons (Fsp3) is 0.538. The van der Waals surface area contributed by atoms with E-state index >= 15 is 0 Å². The Balaban J connectivity index is 1.77. The van der Waals surface area contributed by atoms with Crippen LogP contribution < -0.4 is 14.8 Å². The Hall–Kier alpha value is -2.74. The minimum atomic E-state index is -0.215. The number of nitrogens with zero attached hydrogens (tertiary/aromatic N) is 2. The summed E-state index contributed by atoms with van der Waals surface area (Å²) >= 11 is 1.72. The molecule has 34 heavy (non-hydrogen) atoms. The van der Waals surface area contributed by atoms with E-state index in [0.717, 1.165) is 18.4 Å². The number of carbonyl (C=O) groups is 2. The number of nitrogens with one attached hydrogen (secondary N) is 1. The summed E-state index contributed by atoms with van der Waals surface area (Å²) < 4.78 is 11.6. The summed E-state index contributed by atoms with van der Waals surface area (Å²) in [4.78, 5) is 31.2. The summed E-state index contributed by atoms with van der Waals surface area (Å²) in [5.41, 5.74) is 1.12. The molecule has 3 rings (SSSR count). The van der Waals surface area contributed by atoms with Crippen molar-refractivity contribution in [1.29, 1.82) is 0 Å². The van der Waals surface area contributed by atoms with Gasteiger partial charge in [0.2, 0.25) is 5.91 Å². The zero-order valence-electron chi connectivity index (χ0n) is 20.9. The summed E-state index contributed by atoms with van der Waals surface area (Å²) in [7, 11) is 1.61. The first-order valence-electron chi connectivity index (χ1n) is 12.0. The molecule has 8 heteroatoms. The summed E-state index contributed by atoms with van der Waals surface area (Å²) in [6.07, 6.45) is 1.65. The highest BCUT2D eigenvalue weighted by Gasteiger charge is 2.33. The Morgan fingerprint density at radius 1 is 1.18 bits per heavy atom. The number of urea groups is 1. The fourth-order valence-electron chi connectivity index (χ4n) is 4.04. The first-order chi connectivity index (χ1) is 16.3. The van der Waals surface area contributed by atoms with Gasteiger partial charge in [0.25, 0.3) is 0 Å². The molecule has 0 fully saturated rings. The maximum atomic E-state index is 13.5. The van der Waals surface area contributed by atoms with Gasteiger partial charge in [-0.25, -0.2) is 4.79 Å². The third-order valence-electron chi connectivity index (χ3n) is 5.88. The largest absolute Gasteiger partial charge is 0.493 e. The van der Waals surface area contributed by atoms with Crippen molar-refractivity contribution in [2.24, 2.45) is 5.92 Å². The number of amides is 3. The third-order valence-corrected chi connectivity index (χ3v) is 6.88. The molecule has 0 saturated heterocycles. The summed E-state index contributed by atoms with van der Waals surface area (Å²) in [6, 6.07) is 9.20. The van der Waals surface area contributed by atoms with Crippen LogP contribution in [0.4, 0.5) is 4.79 Å². The second-order valence-electron chi connectivity index (χ2n) is 9.32. The Kier molecular flexibility index (Phi) is 9.21. The van der Waals surface area contributed by atoms with Crippen LogP contribution in [0.3, 0.4) is 0 Å². The molecule has 1 N–H and O–H groups in total. The Morgan fingerprint density at radius 2 is 1.91 bits per heavy atom. The standard InChI is InChI=1S/C26H37N3O4S/c1-18(2)10-13-28(26(31)27-19(3)4)16-25(30)29-14-11-24-20(12-15-34-24)21(29)17-33-23-9-7-6-8-22(23)32-5/h6-9,12,15,18-19,21H,10-11,13-14,16-17H2,1-5H3,(H,27,31). The number of ether oxygens (including phenoxy) is 2. The number of benzene rings is 1. The molecule has 2 aromatic rings. The van der Waals surface area contributed by atoms with Crippen LogP contribution in [0.1, 0.15) is 50.6 Å². The molecule has 186 valence electrons. The van der Waals surface area contributed by atoms with Crippen LogP contribution in [0.5, 0.6) is 11.5 Å². The van der Waals surface area contributed by atoms with Crippen LogP contribution in [0.25, 0.3) is 0 Å². The van der Waals surface area contributed by atoms with E-state index in [1.54, 1.807) is 23.3 Å². The van der Waals surface area contributed by atoms with Gasteiger partial charge in [0.1, 0.15) is 13.2 Å². The second-order valence-corrected chi connectivity index (χ2v) is 10.3. The number of carbonyl (C=O) groups excluding carboxylic acids is 2. The number of hydrogen-bond donors (Lipinski definition) is 1. The van der Waals surface area contributed by atoms with Gasteiger partial charge in [0.05, 0.1) is 13.2 Å². The van der Waals surface area contributed by atoms with E-state index in [-0.39, 0.29) is 30.6 Å². The predicted octanol–water partition coefficient (Wildman–Crippen LogP) is 4.73. The van der Waals surface area contributed by atoms with E-state index < -0.39 is 0 Å². The zero-order valence-corrected chi connectivity index (χ0v) is 21.7. The van der Waals surface area contributed by atoms with Crippen molar-refractivity contribution in [3.63, 3.8) is 0 Å². The van der Waals surface area contributed by atoms with Crippen LogP contribution in [0.2, 0.25) is 0 Å². The zero-order chi connectivity index (χ0) is 24.7. The number of rotatable bonds is 10. The van der Waals surface area contributed by atoms with E-state index in [0.29, 0.717) is 37.1 Å². The Bertz CT molecular complexity index is 959. The van der Waals surface area contributed by atoms with Crippen molar-refractivity contribution in [1.82, 2.24) is 15.1 Å². The molecule has 7 nitrogen and oxygen atoms in total. The SMILES string of the molecule is COc1ccccc1OCC1c2ccsc2CCN1C(=O)CN(CCC(C)C)C(=O)NC(C)C. The minimum Gasteiger partial charge on any atom is -0.493 e. The predicted molar refractivity (Wildman–Crippen MR) is 136 cm³/mol. The smallest absolute Gasteiger partial charge is 0.318 e. The number of para-hydroxylation sites is 2. The van der Waals surface area contributed by atoms with Crippen LogP contribution in [0, 0.1) is 5.92 Å². The Labute approximate surface area is 207 Å². The van der Waals surface area contributed by atoms with Gasteiger partial charge in [-0.2, -0.15) is 0 Å². The van der Waals surface area contributed by atoms with Crippen molar-refractivity contribution < 1.29 is 19.1 Å². The second kappa shape index (κ2) is 12.1. The fourth-order valence-corrected chi connectivity index (χ4v) is 4.97. The normalized spacial score (nSPS) is 15.3. The van der Waals surface area contributed by atoms with Crippen molar-refractivity contribution in [2.75, 3.05) is 33.4 Å². The van der Waals surface area contributed by atoms with E-state index in [9.17, 15) is 9.59 Å². The highest BCUT2D eigenvalue weighted by Crippen LogP contribution is 2.35. The van der Waals surface area contributed by atoms with Gasteiger partial charge < -0.3 is 24.6 Å². The molecular formula is C26H37N3O4S. The monoisotopic (exact) mass is 487 g/mol. The van der Waals surface area contributed by atoms with Crippen molar-refractivity contribution in [2.45, 2.75) is 52.6 Å². The molecular weight excluding hydrogens is 450 g/mol. The van der Waals surface area contributed by atoms with Crippen molar-refractivity contribution in [3.8, 4) is 11.5 Å². The molecule has 0 spiro atoms. The lowest BCUT2D eigenvalue weighted by atomic mass is 10.0. The van der Waals surface area contributed by atoms with Crippen LogP contribution >= 0.6 is 11.3 Å². The van der Waals surface area contributed by atoms with Gasteiger partial charge in [-0.05, 0) is 61.7 Å². The lowest BCUT2D eigenvalue weighted by molar-refractivity contribution is -0.135. The van der Waals surface area contributed by atoms with E-state index in [1.165, 1.54) is 4.88 Å². The van der Waals surface area contributed by atoms with Gasteiger partial charge in [0, 0.05) is 24.0 Å². The van der Waals surface area contributed by atoms with E-state index in [4.69, 9.17) is 9.47 Å². The van der Waals surface area contributed by atoms with Crippen LogP contribution in [-0.2, 0) is 11.2 Å². The molecule has 1 atom stereocenters. The quantitative estimate of drug-likeness (QED) is 0.526. The average Bonchev–Trinajstić information content (AvgIpc) is 3.28. The third kappa shape index (κ3) is 6.65. The first kappa shape index (κ1) is 25.9. The Morgan fingerprint density at radius 3 is 2.59 bits per heavy atom. The van der Waals surface area contributed by atoms with Crippen molar-refractivity contribution >= 4 is 23.3 Å². The van der Waals surface area contributed by atoms with E-state index in [2.05, 4.69) is 30.6 Å². The highest BCUT2D eigenvalue weighted by atomic mass is 32.1. The minimum absolute atomic E-state index is 0.00880. The van der Waals surface area contributed by atoms with Gasteiger partial charge in [-0.15, -0.1) is 11.3 Å². The number of thiophene rings is 1. The molecule has 0 saturated carbocycles.